The maximum atomic E-state index is 13.0. The molecular formula is C28H25N3O3. The number of carbonyl (C=O) groups excluding carboxylic acids is 2. The summed E-state index contributed by atoms with van der Waals surface area (Å²) in [6, 6.07) is 26.8. The van der Waals surface area contributed by atoms with Crippen LogP contribution in [0.25, 0.3) is 5.69 Å². The number of nitrogens with one attached hydrogen (secondary N) is 2. The maximum Gasteiger partial charge on any atom is 0.267 e. The van der Waals surface area contributed by atoms with Crippen LogP contribution in [-0.2, 0) is 0 Å². The highest BCUT2D eigenvalue weighted by Gasteiger charge is 2.16. The molecule has 0 aliphatic heterocycles. The van der Waals surface area contributed by atoms with Crippen molar-refractivity contribution >= 4 is 17.5 Å². The molecule has 1 aromatic heterocycles. The lowest BCUT2D eigenvalue weighted by molar-refractivity contribution is 0.0937. The normalized spacial score (nSPS) is 11.5. The Morgan fingerprint density at radius 2 is 1.41 bits per heavy atom. The van der Waals surface area contributed by atoms with Gasteiger partial charge >= 0.3 is 0 Å². The van der Waals surface area contributed by atoms with Crippen molar-refractivity contribution in [3.63, 3.8) is 0 Å². The smallest absolute Gasteiger partial charge is 0.267 e. The minimum absolute atomic E-state index is 0.0576. The molecule has 170 valence electrons. The number of rotatable bonds is 6. The molecule has 0 aliphatic rings. The van der Waals surface area contributed by atoms with Crippen molar-refractivity contribution in [1.29, 1.82) is 0 Å². The van der Waals surface area contributed by atoms with Gasteiger partial charge in [-0.05, 0) is 67.4 Å². The lowest BCUT2D eigenvalue weighted by atomic mass is 10.1. The molecule has 0 aliphatic carbocycles. The Bertz CT molecular complexity index is 1380. The standard InChI is InChI=1S/C28H25N3O3/c1-19-9-6-7-12-24(19)26(32)30-22-14-16-23(17-15-22)31-18-8-13-25(28(31)34)27(33)29-20(2)21-10-4-3-5-11-21/h3-18,20H,1-2H3,(H,29,33)(H,30,32)/t20-/m1/s1. The van der Waals surface area contributed by atoms with Gasteiger partial charge in [0.05, 0.1) is 6.04 Å². The van der Waals surface area contributed by atoms with Gasteiger partial charge < -0.3 is 10.6 Å². The van der Waals surface area contributed by atoms with Crippen molar-refractivity contribution in [3.8, 4) is 5.69 Å². The number of aromatic nitrogens is 1. The van der Waals surface area contributed by atoms with Crippen molar-refractivity contribution < 1.29 is 9.59 Å². The third-order valence-corrected chi connectivity index (χ3v) is 5.63. The fourth-order valence-corrected chi connectivity index (χ4v) is 3.70. The van der Waals surface area contributed by atoms with Crippen molar-refractivity contribution in [2.24, 2.45) is 0 Å². The molecule has 2 amide bonds. The first-order chi connectivity index (χ1) is 16.4. The van der Waals surface area contributed by atoms with Crippen molar-refractivity contribution in [2.45, 2.75) is 19.9 Å². The van der Waals surface area contributed by atoms with Gasteiger partial charge in [0, 0.05) is 23.1 Å². The minimum Gasteiger partial charge on any atom is -0.345 e. The summed E-state index contributed by atoms with van der Waals surface area (Å²) in [5.41, 5.74) is 3.28. The third-order valence-electron chi connectivity index (χ3n) is 5.63. The van der Waals surface area contributed by atoms with Gasteiger partial charge in [-0.1, -0.05) is 48.5 Å². The van der Waals surface area contributed by atoms with E-state index in [1.54, 1.807) is 42.6 Å². The van der Waals surface area contributed by atoms with Crippen LogP contribution < -0.4 is 16.2 Å². The lowest BCUT2D eigenvalue weighted by Crippen LogP contribution is -2.33. The summed E-state index contributed by atoms with van der Waals surface area (Å²) < 4.78 is 1.41. The molecule has 6 heteroatoms. The Morgan fingerprint density at radius 1 is 0.765 bits per heavy atom. The molecule has 0 bridgehead atoms. The first-order valence-electron chi connectivity index (χ1n) is 11.0. The summed E-state index contributed by atoms with van der Waals surface area (Å²) in [4.78, 5) is 38.4. The molecule has 0 spiro atoms. The Morgan fingerprint density at radius 3 is 2.12 bits per heavy atom. The number of pyridine rings is 1. The zero-order valence-corrected chi connectivity index (χ0v) is 19.0. The second-order valence-corrected chi connectivity index (χ2v) is 8.02. The Hall–Kier alpha value is -4.45. The van der Waals surface area contributed by atoms with Crippen LogP contribution in [0.3, 0.4) is 0 Å². The number of benzene rings is 3. The van der Waals surface area contributed by atoms with E-state index in [0.29, 0.717) is 16.9 Å². The van der Waals surface area contributed by atoms with Crippen LogP contribution in [0.15, 0.2) is 102 Å². The molecule has 3 aromatic carbocycles. The largest absolute Gasteiger partial charge is 0.345 e. The summed E-state index contributed by atoms with van der Waals surface area (Å²) in [6.07, 6.45) is 1.61. The molecule has 0 saturated carbocycles. The summed E-state index contributed by atoms with van der Waals surface area (Å²) in [6.45, 7) is 3.76. The van der Waals surface area contributed by atoms with Crippen LogP contribution in [0.2, 0.25) is 0 Å². The van der Waals surface area contributed by atoms with E-state index in [9.17, 15) is 14.4 Å². The summed E-state index contributed by atoms with van der Waals surface area (Å²) in [5, 5.41) is 5.75. The van der Waals surface area contributed by atoms with E-state index in [1.807, 2.05) is 62.4 Å². The maximum absolute atomic E-state index is 13.0. The predicted molar refractivity (Wildman–Crippen MR) is 133 cm³/mol. The van der Waals surface area contributed by atoms with Crippen LogP contribution in [0, 0.1) is 6.92 Å². The van der Waals surface area contributed by atoms with E-state index in [2.05, 4.69) is 10.6 Å². The molecule has 34 heavy (non-hydrogen) atoms. The number of carbonyl (C=O) groups is 2. The van der Waals surface area contributed by atoms with Crippen LogP contribution in [0.5, 0.6) is 0 Å². The van der Waals surface area contributed by atoms with E-state index < -0.39 is 11.5 Å². The molecule has 2 N–H and O–H groups in total. The topological polar surface area (TPSA) is 80.2 Å². The SMILES string of the molecule is Cc1ccccc1C(=O)Nc1ccc(-n2cccc(C(=O)N[C@H](C)c3ccccc3)c2=O)cc1. The fourth-order valence-electron chi connectivity index (χ4n) is 3.70. The number of hydrogen-bond donors (Lipinski definition) is 2. The monoisotopic (exact) mass is 451 g/mol. The average Bonchev–Trinajstić information content (AvgIpc) is 2.85. The van der Waals surface area contributed by atoms with Gasteiger partial charge in [0.1, 0.15) is 5.56 Å². The van der Waals surface area contributed by atoms with Gasteiger partial charge in [-0.3, -0.25) is 19.0 Å². The molecule has 1 atom stereocenters. The van der Waals surface area contributed by atoms with Crippen LogP contribution in [0.4, 0.5) is 5.69 Å². The number of anilines is 1. The number of nitrogens with zero attached hydrogens (tertiary/aromatic N) is 1. The van der Waals surface area contributed by atoms with Gasteiger partial charge in [0.2, 0.25) is 0 Å². The second-order valence-electron chi connectivity index (χ2n) is 8.02. The van der Waals surface area contributed by atoms with Crippen LogP contribution in [-0.4, -0.2) is 16.4 Å². The highest BCUT2D eigenvalue weighted by Crippen LogP contribution is 2.16. The quantitative estimate of drug-likeness (QED) is 0.438. The van der Waals surface area contributed by atoms with Crippen LogP contribution >= 0.6 is 0 Å². The van der Waals surface area contributed by atoms with E-state index in [-0.39, 0.29) is 17.5 Å². The molecule has 1 heterocycles. The van der Waals surface area contributed by atoms with Crippen LogP contribution in [0.1, 0.15) is 44.8 Å². The predicted octanol–water partition coefficient (Wildman–Crippen LogP) is 4.89. The van der Waals surface area contributed by atoms with E-state index in [0.717, 1.165) is 11.1 Å². The van der Waals surface area contributed by atoms with Gasteiger partial charge in [-0.25, -0.2) is 0 Å². The van der Waals surface area contributed by atoms with Crippen molar-refractivity contribution in [2.75, 3.05) is 5.32 Å². The van der Waals surface area contributed by atoms with Crippen molar-refractivity contribution in [3.05, 3.63) is 130 Å². The van der Waals surface area contributed by atoms with Gasteiger partial charge in [-0.2, -0.15) is 0 Å². The molecule has 4 aromatic rings. The summed E-state index contributed by atoms with van der Waals surface area (Å²) in [5.74, 6) is -0.632. The first kappa shape index (κ1) is 22.7. The zero-order chi connectivity index (χ0) is 24.1. The minimum atomic E-state index is -0.433. The molecular weight excluding hydrogens is 426 g/mol. The molecule has 0 saturated heterocycles. The highest BCUT2D eigenvalue weighted by atomic mass is 16.2. The Labute approximate surface area is 197 Å². The number of amides is 2. The number of aryl methyl sites for hydroxylation is 1. The lowest BCUT2D eigenvalue weighted by Gasteiger charge is -2.15. The molecule has 0 fully saturated rings. The Balaban J connectivity index is 1.51. The molecule has 4 rings (SSSR count). The number of hydrogen-bond acceptors (Lipinski definition) is 3. The Kier molecular flexibility index (Phi) is 6.69. The van der Waals surface area contributed by atoms with E-state index in [4.69, 9.17) is 0 Å². The van der Waals surface area contributed by atoms with E-state index in [1.165, 1.54) is 10.6 Å². The van der Waals surface area contributed by atoms with Gasteiger partial charge in [0.25, 0.3) is 17.4 Å². The second kappa shape index (κ2) is 10.0. The summed E-state index contributed by atoms with van der Waals surface area (Å²) in [7, 11) is 0. The summed E-state index contributed by atoms with van der Waals surface area (Å²) >= 11 is 0. The zero-order valence-electron chi connectivity index (χ0n) is 19.0. The molecule has 6 nitrogen and oxygen atoms in total. The fraction of sp³-hybridized carbons (Fsp3) is 0.107. The third kappa shape index (κ3) is 4.96. The molecule has 0 unspecified atom stereocenters. The van der Waals surface area contributed by atoms with Gasteiger partial charge in [0.15, 0.2) is 0 Å². The first-order valence-corrected chi connectivity index (χ1v) is 11.0. The van der Waals surface area contributed by atoms with Gasteiger partial charge in [-0.15, -0.1) is 0 Å². The van der Waals surface area contributed by atoms with Crippen molar-refractivity contribution in [1.82, 2.24) is 9.88 Å². The average molecular weight is 452 g/mol. The molecule has 0 radical (unpaired) electrons. The highest BCUT2D eigenvalue weighted by molar-refractivity contribution is 6.05. The van der Waals surface area contributed by atoms with E-state index >= 15 is 0 Å².